The third-order valence-electron chi connectivity index (χ3n) is 2.85. The van der Waals surface area contributed by atoms with Crippen LogP contribution in [0.15, 0.2) is 47.1 Å². The van der Waals surface area contributed by atoms with E-state index in [1.807, 2.05) is 25.3 Å². The third-order valence-corrected chi connectivity index (χ3v) is 3.42. The molecule has 0 fully saturated rings. The lowest BCUT2D eigenvalue weighted by molar-refractivity contribution is 0.294. The first-order valence-electron chi connectivity index (χ1n) is 6.75. The molecule has 0 aliphatic carbocycles. The van der Waals surface area contributed by atoms with Crippen LogP contribution in [0.25, 0.3) is 0 Å². The van der Waals surface area contributed by atoms with E-state index in [9.17, 15) is 0 Å². The number of aryl methyl sites for hydroxylation is 1. The van der Waals surface area contributed by atoms with Gasteiger partial charge in [-0.05, 0) is 53.0 Å². The van der Waals surface area contributed by atoms with Crippen LogP contribution in [0.5, 0.6) is 5.88 Å². The normalized spacial score (nSPS) is 10.5. The highest BCUT2D eigenvalue weighted by Crippen LogP contribution is 2.22. The lowest BCUT2D eigenvalue weighted by Crippen LogP contribution is -2.17. The Balaban J connectivity index is 1.62. The van der Waals surface area contributed by atoms with Crippen molar-refractivity contribution in [2.45, 2.75) is 19.9 Å². The highest BCUT2D eigenvalue weighted by atomic mass is 79.9. The summed E-state index contributed by atoms with van der Waals surface area (Å²) in [5, 5.41) is 3.40. The zero-order valence-electron chi connectivity index (χ0n) is 11.6. The second-order valence-electron chi connectivity index (χ2n) is 4.66. The number of ether oxygens (including phenoxy) is 1. The van der Waals surface area contributed by atoms with Gasteiger partial charge >= 0.3 is 0 Å². The van der Waals surface area contributed by atoms with Crippen LogP contribution < -0.4 is 10.1 Å². The number of aromatic nitrogens is 1. The van der Waals surface area contributed by atoms with Crippen molar-refractivity contribution in [3.05, 3.63) is 58.2 Å². The van der Waals surface area contributed by atoms with Gasteiger partial charge in [0.15, 0.2) is 0 Å². The molecule has 1 aromatic carbocycles. The maximum absolute atomic E-state index is 5.65. The number of pyridine rings is 1. The first-order valence-corrected chi connectivity index (χ1v) is 7.54. The molecule has 1 heterocycles. The molecule has 0 unspecified atom stereocenters. The van der Waals surface area contributed by atoms with Crippen LogP contribution in [0.3, 0.4) is 0 Å². The molecule has 2 aromatic rings. The lowest BCUT2D eigenvalue weighted by atomic mass is 10.2. The molecule has 20 heavy (non-hydrogen) atoms. The number of rotatable bonds is 7. The van der Waals surface area contributed by atoms with Gasteiger partial charge < -0.3 is 10.1 Å². The second-order valence-corrected chi connectivity index (χ2v) is 5.52. The SMILES string of the molecule is Cc1cnc(OCCCNCc2ccccc2)c(Br)c1. The molecule has 0 atom stereocenters. The van der Waals surface area contributed by atoms with Crippen LogP contribution >= 0.6 is 15.9 Å². The molecule has 3 nitrogen and oxygen atoms in total. The molecular weight excluding hydrogens is 316 g/mol. The van der Waals surface area contributed by atoms with Crippen LogP contribution in [0, 0.1) is 6.92 Å². The molecule has 0 saturated carbocycles. The zero-order chi connectivity index (χ0) is 14.2. The molecule has 0 amide bonds. The van der Waals surface area contributed by atoms with Crippen molar-refractivity contribution in [3.8, 4) is 5.88 Å². The Bertz CT molecular complexity index is 531. The van der Waals surface area contributed by atoms with E-state index < -0.39 is 0 Å². The predicted octanol–water partition coefficient (Wildman–Crippen LogP) is 3.71. The highest BCUT2D eigenvalue weighted by molar-refractivity contribution is 9.10. The van der Waals surface area contributed by atoms with E-state index in [2.05, 4.69) is 50.5 Å². The molecule has 4 heteroatoms. The van der Waals surface area contributed by atoms with Gasteiger partial charge in [0.2, 0.25) is 5.88 Å². The summed E-state index contributed by atoms with van der Waals surface area (Å²) in [6.45, 7) is 4.50. The van der Waals surface area contributed by atoms with Crippen molar-refractivity contribution in [2.24, 2.45) is 0 Å². The largest absolute Gasteiger partial charge is 0.477 e. The fraction of sp³-hybridized carbons (Fsp3) is 0.312. The molecule has 106 valence electrons. The van der Waals surface area contributed by atoms with Gasteiger partial charge in [-0.2, -0.15) is 0 Å². The summed E-state index contributed by atoms with van der Waals surface area (Å²) in [5.74, 6) is 0.665. The van der Waals surface area contributed by atoms with Crippen molar-refractivity contribution >= 4 is 15.9 Å². The van der Waals surface area contributed by atoms with Crippen molar-refractivity contribution in [1.29, 1.82) is 0 Å². The zero-order valence-corrected chi connectivity index (χ0v) is 13.2. The van der Waals surface area contributed by atoms with Gasteiger partial charge in [-0.1, -0.05) is 30.3 Å². The summed E-state index contributed by atoms with van der Waals surface area (Å²) < 4.78 is 6.56. The van der Waals surface area contributed by atoms with Crippen LogP contribution in [0.4, 0.5) is 0 Å². The molecule has 0 spiro atoms. The van der Waals surface area contributed by atoms with Crippen LogP contribution in [0.1, 0.15) is 17.5 Å². The number of nitrogens with zero attached hydrogens (tertiary/aromatic N) is 1. The Morgan fingerprint density at radius 1 is 1.25 bits per heavy atom. The molecule has 0 aliphatic heterocycles. The molecule has 2 rings (SSSR count). The average molecular weight is 335 g/mol. The molecule has 1 aromatic heterocycles. The standard InChI is InChI=1S/C16H19BrN2O/c1-13-10-15(17)16(19-11-13)20-9-5-8-18-12-14-6-3-2-4-7-14/h2-4,6-7,10-11,18H,5,8-9,12H2,1H3. The van der Waals surface area contributed by atoms with Crippen molar-refractivity contribution < 1.29 is 4.74 Å². The van der Waals surface area contributed by atoms with E-state index in [1.165, 1.54) is 5.56 Å². The molecule has 1 N–H and O–H groups in total. The van der Waals surface area contributed by atoms with Crippen molar-refractivity contribution in [1.82, 2.24) is 10.3 Å². The monoisotopic (exact) mass is 334 g/mol. The van der Waals surface area contributed by atoms with E-state index in [0.717, 1.165) is 29.5 Å². The van der Waals surface area contributed by atoms with Gasteiger partial charge in [-0.15, -0.1) is 0 Å². The van der Waals surface area contributed by atoms with Crippen molar-refractivity contribution in [3.63, 3.8) is 0 Å². The minimum absolute atomic E-state index is 0.663. The maximum Gasteiger partial charge on any atom is 0.227 e. The first kappa shape index (κ1) is 15.0. The average Bonchev–Trinajstić information content (AvgIpc) is 2.46. The molecule has 0 radical (unpaired) electrons. The smallest absolute Gasteiger partial charge is 0.227 e. The van der Waals surface area contributed by atoms with E-state index in [-0.39, 0.29) is 0 Å². The summed E-state index contributed by atoms with van der Waals surface area (Å²) in [6.07, 6.45) is 2.77. The van der Waals surface area contributed by atoms with Gasteiger partial charge in [-0.3, -0.25) is 0 Å². The van der Waals surface area contributed by atoms with Gasteiger partial charge in [0, 0.05) is 12.7 Å². The quantitative estimate of drug-likeness (QED) is 0.783. The Hall–Kier alpha value is -1.39. The summed E-state index contributed by atoms with van der Waals surface area (Å²) in [4.78, 5) is 4.25. The minimum atomic E-state index is 0.663. The number of hydrogen-bond acceptors (Lipinski definition) is 3. The van der Waals surface area contributed by atoms with E-state index >= 15 is 0 Å². The molecule has 0 saturated heterocycles. The maximum atomic E-state index is 5.65. The van der Waals surface area contributed by atoms with Crippen LogP contribution in [-0.4, -0.2) is 18.1 Å². The predicted molar refractivity (Wildman–Crippen MR) is 84.9 cm³/mol. The minimum Gasteiger partial charge on any atom is -0.477 e. The number of nitrogens with one attached hydrogen (secondary N) is 1. The van der Waals surface area contributed by atoms with E-state index in [1.54, 1.807) is 0 Å². The van der Waals surface area contributed by atoms with Gasteiger partial charge in [0.1, 0.15) is 0 Å². The number of halogens is 1. The van der Waals surface area contributed by atoms with Gasteiger partial charge in [0.25, 0.3) is 0 Å². The van der Waals surface area contributed by atoms with Gasteiger partial charge in [-0.25, -0.2) is 4.98 Å². The Kier molecular flexibility index (Phi) is 6.02. The second kappa shape index (κ2) is 8.02. The summed E-state index contributed by atoms with van der Waals surface area (Å²) >= 11 is 3.46. The Labute approximate surface area is 128 Å². The van der Waals surface area contributed by atoms with Crippen LogP contribution in [-0.2, 0) is 6.54 Å². The summed E-state index contributed by atoms with van der Waals surface area (Å²) in [5.41, 5.74) is 2.42. The summed E-state index contributed by atoms with van der Waals surface area (Å²) in [7, 11) is 0. The molecule has 0 bridgehead atoms. The van der Waals surface area contributed by atoms with E-state index in [4.69, 9.17) is 4.74 Å². The van der Waals surface area contributed by atoms with Crippen molar-refractivity contribution in [2.75, 3.05) is 13.2 Å². The first-order chi connectivity index (χ1) is 9.75. The Morgan fingerprint density at radius 3 is 2.80 bits per heavy atom. The fourth-order valence-corrected chi connectivity index (χ4v) is 2.40. The highest BCUT2D eigenvalue weighted by Gasteiger charge is 2.02. The van der Waals surface area contributed by atoms with E-state index in [0.29, 0.717) is 12.5 Å². The third kappa shape index (κ3) is 4.94. The lowest BCUT2D eigenvalue weighted by Gasteiger charge is -2.08. The molecular formula is C16H19BrN2O. The Morgan fingerprint density at radius 2 is 2.05 bits per heavy atom. The number of benzene rings is 1. The fourth-order valence-electron chi connectivity index (χ4n) is 1.82. The molecule has 0 aliphatic rings. The van der Waals surface area contributed by atoms with Crippen LogP contribution in [0.2, 0.25) is 0 Å². The number of hydrogen-bond donors (Lipinski definition) is 1. The summed E-state index contributed by atoms with van der Waals surface area (Å²) in [6, 6.07) is 12.4. The van der Waals surface area contributed by atoms with Gasteiger partial charge in [0.05, 0.1) is 11.1 Å². The topological polar surface area (TPSA) is 34.1 Å².